The highest BCUT2D eigenvalue weighted by Crippen LogP contribution is 2.17. The third-order valence-corrected chi connectivity index (χ3v) is 2.34. The van der Waals surface area contributed by atoms with Gasteiger partial charge in [-0.15, -0.1) is 11.6 Å². The van der Waals surface area contributed by atoms with Crippen molar-refractivity contribution >= 4 is 29.0 Å². The third-order valence-electron chi connectivity index (χ3n) is 1.69. The Hall–Kier alpha value is -0.540. The van der Waals surface area contributed by atoms with E-state index in [1.807, 2.05) is 0 Å². The molecule has 1 rings (SSSR count). The molecule has 0 radical (unpaired) electrons. The van der Waals surface area contributed by atoms with Gasteiger partial charge in [-0.05, 0) is 6.42 Å². The predicted molar refractivity (Wildman–Crippen MR) is 55.5 cm³/mol. The van der Waals surface area contributed by atoms with Gasteiger partial charge in [-0.3, -0.25) is 0 Å². The van der Waals surface area contributed by atoms with Crippen LogP contribution in [0.3, 0.4) is 0 Å². The van der Waals surface area contributed by atoms with Crippen molar-refractivity contribution < 1.29 is 0 Å². The van der Waals surface area contributed by atoms with E-state index >= 15 is 0 Å². The molecule has 0 spiro atoms. The number of anilines is 1. The molecular formula is C8H11Cl2N3. The number of rotatable bonds is 4. The Morgan fingerprint density at radius 1 is 1.62 bits per heavy atom. The second-order valence-corrected chi connectivity index (χ2v) is 3.34. The molecule has 72 valence electrons. The Balaban J connectivity index is 2.67. The topological polar surface area (TPSA) is 37.8 Å². The Morgan fingerprint density at radius 3 is 2.92 bits per heavy atom. The quantitative estimate of drug-likeness (QED) is 0.792. The highest BCUT2D eigenvalue weighted by atomic mass is 35.5. The summed E-state index contributed by atoms with van der Waals surface area (Å²) in [7, 11) is 0. The summed E-state index contributed by atoms with van der Waals surface area (Å²) in [5, 5.41) is 3.65. The molecule has 0 aliphatic heterocycles. The Bertz CT molecular complexity index is 263. The van der Waals surface area contributed by atoms with Crippen molar-refractivity contribution in [1.29, 1.82) is 0 Å². The molecule has 0 bridgehead atoms. The molecule has 1 heterocycles. The molecule has 5 heteroatoms. The lowest BCUT2D eigenvalue weighted by molar-refractivity contribution is 0.765. The molecule has 0 amide bonds. The number of nitrogens with one attached hydrogen (secondary N) is 1. The van der Waals surface area contributed by atoms with Crippen LogP contribution in [0.25, 0.3) is 0 Å². The SMILES string of the molecule is CCC(CCl)Nc1ncncc1Cl. The van der Waals surface area contributed by atoms with Gasteiger partial charge >= 0.3 is 0 Å². The summed E-state index contributed by atoms with van der Waals surface area (Å²) in [5.41, 5.74) is 0. The number of halogens is 2. The molecule has 1 aromatic heterocycles. The maximum Gasteiger partial charge on any atom is 0.148 e. The van der Waals surface area contributed by atoms with Crippen molar-refractivity contribution in [3.63, 3.8) is 0 Å². The van der Waals surface area contributed by atoms with E-state index in [4.69, 9.17) is 23.2 Å². The fourth-order valence-corrected chi connectivity index (χ4v) is 1.32. The van der Waals surface area contributed by atoms with E-state index in [1.165, 1.54) is 6.33 Å². The zero-order chi connectivity index (χ0) is 9.68. The van der Waals surface area contributed by atoms with E-state index in [0.717, 1.165) is 6.42 Å². The van der Waals surface area contributed by atoms with Crippen LogP contribution in [-0.2, 0) is 0 Å². The average molecular weight is 220 g/mol. The van der Waals surface area contributed by atoms with Gasteiger partial charge in [0, 0.05) is 11.9 Å². The second-order valence-electron chi connectivity index (χ2n) is 2.62. The summed E-state index contributed by atoms with van der Waals surface area (Å²) in [6.07, 6.45) is 3.94. The van der Waals surface area contributed by atoms with Gasteiger partial charge in [0.1, 0.15) is 17.2 Å². The molecule has 1 aromatic rings. The van der Waals surface area contributed by atoms with Crippen LogP contribution in [-0.4, -0.2) is 21.9 Å². The molecule has 1 atom stereocenters. The van der Waals surface area contributed by atoms with E-state index in [1.54, 1.807) is 6.20 Å². The van der Waals surface area contributed by atoms with Crippen molar-refractivity contribution in [1.82, 2.24) is 9.97 Å². The summed E-state index contributed by atoms with van der Waals surface area (Å²) >= 11 is 11.6. The number of hydrogen-bond donors (Lipinski definition) is 1. The first kappa shape index (κ1) is 10.5. The van der Waals surface area contributed by atoms with Crippen LogP contribution in [0.5, 0.6) is 0 Å². The minimum absolute atomic E-state index is 0.203. The molecule has 13 heavy (non-hydrogen) atoms. The van der Waals surface area contributed by atoms with Crippen LogP contribution in [0.4, 0.5) is 5.82 Å². The maximum atomic E-state index is 5.85. The van der Waals surface area contributed by atoms with Crippen LogP contribution in [0.1, 0.15) is 13.3 Å². The summed E-state index contributed by atoms with van der Waals surface area (Å²) in [4.78, 5) is 7.79. The van der Waals surface area contributed by atoms with E-state index in [-0.39, 0.29) is 6.04 Å². The van der Waals surface area contributed by atoms with Crippen molar-refractivity contribution in [2.75, 3.05) is 11.2 Å². The van der Waals surface area contributed by atoms with Crippen molar-refractivity contribution in [3.8, 4) is 0 Å². The molecule has 0 aromatic carbocycles. The van der Waals surface area contributed by atoms with E-state index < -0.39 is 0 Å². The summed E-state index contributed by atoms with van der Waals surface area (Å²) in [6.45, 7) is 2.05. The first-order valence-corrected chi connectivity index (χ1v) is 4.97. The summed E-state index contributed by atoms with van der Waals surface area (Å²) < 4.78 is 0. The van der Waals surface area contributed by atoms with Gasteiger partial charge in [0.05, 0.1) is 6.20 Å². The Morgan fingerprint density at radius 2 is 2.38 bits per heavy atom. The molecule has 0 fully saturated rings. The molecule has 3 nitrogen and oxygen atoms in total. The predicted octanol–water partition coefficient (Wildman–Crippen LogP) is 2.56. The van der Waals surface area contributed by atoms with E-state index in [9.17, 15) is 0 Å². The van der Waals surface area contributed by atoms with E-state index in [0.29, 0.717) is 16.7 Å². The fourth-order valence-electron chi connectivity index (χ4n) is 0.862. The molecule has 0 saturated heterocycles. The summed E-state index contributed by atoms with van der Waals surface area (Å²) in [6, 6.07) is 0.203. The number of aromatic nitrogens is 2. The van der Waals surface area contributed by atoms with Crippen LogP contribution >= 0.6 is 23.2 Å². The molecular weight excluding hydrogens is 209 g/mol. The monoisotopic (exact) mass is 219 g/mol. The first-order chi connectivity index (χ1) is 6.27. The molecule has 1 unspecified atom stereocenters. The van der Waals surface area contributed by atoms with Gasteiger partial charge in [-0.1, -0.05) is 18.5 Å². The largest absolute Gasteiger partial charge is 0.365 e. The number of alkyl halides is 1. The minimum Gasteiger partial charge on any atom is -0.365 e. The molecule has 1 N–H and O–H groups in total. The second kappa shape index (κ2) is 5.25. The smallest absolute Gasteiger partial charge is 0.148 e. The molecule has 0 aliphatic carbocycles. The lowest BCUT2D eigenvalue weighted by Gasteiger charge is -2.14. The van der Waals surface area contributed by atoms with Gasteiger partial charge in [-0.2, -0.15) is 0 Å². The standard InChI is InChI=1S/C8H11Cl2N3/c1-2-6(3-9)13-8-7(10)4-11-5-12-8/h4-6H,2-3H2,1H3,(H,11,12,13). The van der Waals surface area contributed by atoms with E-state index in [2.05, 4.69) is 22.2 Å². The summed E-state index contributed by atoms with van der Waals surface area (Å²) in [5.74, 6) is 1.18. The van der Waals surface area contributed by atoms with Crippen molar-refractivity contribution in [2.45, 2.75) is 19.4 Å². The van der Waals surface area contributed by atoms with Gasteiger partial charge < -0.3 is 5.32 Å². The van der Waals surface area contributed by atoms with Gasteiger partial charge in [-0.25, -0.2) is 9.97 Å². The molecule has 0 saturated carbocycles. The highest BCUT2D eigenvalue weighted by molar-refractivity contribution is 6.32. The zero-order valence-corrected chi connectivity index (χ0v) is 8.81. The fraction of sp³-hybridized carbons (Fsp3) is 0.500. The van der Waals surface area contributed by atoms with Crippen LogP contribution in [0.15, 0.2) is 12.5 Å². The van der Waals surface area contributed by atoms with Crippen LogP contribution < -0.4 is 5.32 Å². The Labute approximate surface area is 87.5 Å². The number of hydrogen-bond acceptors (Lipinski definition) is 3. The average Bonchev–Trinajstić information content (AvgIpc) is 2.17. The van der Waals surface area contributed by atoms with Gasteiger partial charge in [0.25, 0.3) is 0 Å². The van der Waals surface area contributed by atoms with Crippen molar-refractivity contribution in [2.24, 2.45) is 0 Å². The zero-order valence-electron chi connectivity index (χ0n) is 7.30. The normalized spacial score (nSPS) is 12.5. The minimum atomic E-state index is 0.203. The highest BCUT2D eigenvalue weighted by Gasteiger charge is 2.07. The first-order valence-electron chi connectivity index (χ1n) is 4.06. The van der Waals surface area contributed by atoms with Crippen molar-refractivity contribution in [3.05, 3.63) is 17.5 Å². The maximum absolute atomic E-state index is 5.85. The lowest BCUT2D eigenvalue weighted by atomic mass is 10.2. The Kier molecular flexibility index (Phi) is 4.25. The van der Waals surface area contributed by atoms with Gasteiger partial charge in [0.2, 0.25) is 0 Å². The third kappa shape index (κ3) is 3.01. The van der Waals surface area contributed by atoms with Crippen LogP contribution in [0.2, 0.25) is 5.02 Å². The number of nitrogens with zero attached hydrogens (tertiary/aromatic N) is 2. The molecule has 0 aliphatic rings. The van der Waals surface area contributed by atoms with Crippen LogP contribution in [0, 0.1) is 0 Å². The van der Waals surface area contributed by atoms with Gasteiger partial charge in [0.15, 0.2) is 0 Å². The lowest BCUT2D eigenvalue weighted by Crippen LogP contribution is -2.20.